The largest absolute Gasteiger partial charge is 0.494 e. The van der Waals surface area contributed by atoms with Crippen LogP contribution in [0.25, 0.3) is 6.08 Å². The number of anilines is 1. The highest BCUT2D eigenvalue weighted by Gasteiger charge is 2.26. The molecule has 2 aromatic rings. The molecule has 0 atom stereocenters. The van der Waals surface area contributed by atoms with Crippen molar-refractivity contribution in [1.29, 1.82) is 0 Å². The normalized spacial score (nSPS) is 14.8. The number of halogens is 1. The van der Waals surface area contributed by atoms with Gasteiger partial charge in [0, 0.05) is 35.8 Å². The van der Waals surface area contributed by atoms with Gasteiger partial charge in [-0.25, -0.2) is 4.98 Å². The standard InChI is InChI=1S/C22H24BrN3O3/c1-2-29-19-7-3-16(4-8-19)5-10-21(27)26-13-11-17(12-14-26)22(28)25-20-9-6-18(23)15-24-20/h3-10,15,17H,2,11-14H2,1H3,(H,24,25,28)/b10-5+. The van der Waals surface area contributed by atoms with Gasteiger partial charge in [0.25, 0.3) is 0 Å². The van der Waals surface area contributed by atoms with Crippen molar-refractivity contribution in [2.45, 2.75) is 19.8 Å². The molecule has 1 N–H and O–H groups in total. The number of carbonyl (C=O) groups excluding carboxylic acids is 2. The molecule has 0 unspecified atom stereocenters. The van der Waals surface area contributed by atoms with Crippen LogP contribution in [0.2, 0.25) is 0 Å². The molecule has 7 heteroatoms. The van der Waals surface area contributed by atoms with Gasteiger partial charge in [-0.05, 0) is 71.6 Å². The third-order valence-corrected chi connectivity index (χ3v) is 5.23. The first-order valence-electron chi connectivity index (χ1n) is 9.67. The Balaban J connectivity index is 1.47. The van der Waals surface area contributed by atoms with Crippen LogP contribution in [-0.4, -0.2) is 41.4 Å². The monoisotopic (exact) mass is 457 g/mol. The molecule has 6 nitrogen and oxygen atoms in total. The number of hydrogen-bond acceptors (Lipinski definition) is 4. The van der Waals surface area contributed by atoms with E-state index in [0.29, 0.717) is 38.4 Å². The maximum absolute atomic E-state index is 12.4. The van der Waals surface area contributed by atoms with E-state index in [2.05, 4.69) is 26.2 Å². The lowest BCUT2D eigenvalue weighted by Crippen LogP contribution is -2.40. The third kappa shape index (κ3) is 6.15. The first-order chi connectivity index (χ1) is 14.0. The number of rotatable bonds is 6. The molecule has 152 valence electrons. The maximum Gasteiger partial charge on any atom is 0.246 e. The predicted molar refractivity (Wildman–Crippen MR) is 117 cm³/mol. The van der Waals surface area contributed by atoms with E-state index in [9.17, 15) is 9.59 Å². The molecule has 1 saturated heterocycles. The molecule has 29 heavy (non-hydrogen) atoms. The highest BCUT2D eigenvalue weighted by atomic mass is 79.9. The molecule has 0 spiro atoms. The van der Waals surface area contributed by atoms with E-state index in [1.165, 1.54) is 0 Å². The molecule has 0 aliphatic carbocycles. The Bertz CT molecular complexity index is 858. The summed E-state index contributed by atoms with van der Waals surface area (Å²) in [6, 6.07) is 11.2. The molecule has 1 fully saturated rings. The van der Waals surface area contributed by atoms with Gasteiger partial charge >= 0.3 is 0 Å². The average molecular weight is 458 g/mol. The van der Waals surface area contributed by atoms with Crippen molar-refractivity contribution in [2.75, 3.05) is 25.0 Å². The number of likely N-dealkylation sites (tertiary alicyclic amines) is 1. The van der Waals surface area contributed by atoms with Gasteiger partial charge in [-0.3, -0.25) is 9.59 Å². The van der Waals surface area contributed by atoms with Gasteiger partial charge in [0.15, 0.2) is 0 Å². The molecule has 0 radical (unpaired) electrons. The number of piperidine rings is 1. The number of ether oxygens (including phenoxy) is 1. The Morgan fingerprint density at radius 2 is 1.93 bits per heavy atom. The van der Waals surface area contributed by atoms with Crippen LogP contribution in [0.1, 0.15) is 25.3 Å². The second-order valence-electron chi connectivity index (χ2n) is 6.79. The Morgan fingerprint density at radius 3 is 2.55 bits per heavy atom. The van der Waals surface area contributed by atoms with Crippen LogP contribution in [0, 0.1) is 5.92 Å². The molecule has 0 bridgehead atoms. The van der Waals surface area contributed by atoms with Gasteiger partial charge in [-0.1, -0.05) is 12.1 Å². The summed E-state index contributed by atoms with van der Waals surface area (Å²) in [4.78, 5) is 30.8. The number of aromatic nitrogens is 1. The third-order valence-electron chi connectivity index (χ3n) is 4.77. The van der Waals surface area contributed by atoms with Crippen molar-refractivity contribution >= 4 is 39.6 Å². The highest BCUT2D eigenvalue weighted by Crippen LogP contribution is 2.20. The van der Waals surface area contributed by atoms with Gasteiger partial charge in [0.1, 0.15) is 11.6 Å². The molecule has 1 aromatic heterocycles. The van der Waals surface area contributed by atoms with E-state index in [4.69, 9.17) is 4.74 Å². The lowest BCUT2D eigenvalue weighted by atomic mass is 9.96. The Hall–Kier alpha value is -2.67. The lowest BCUT2D eigenvalue weighted by Gasteiger charge is -2.30. The SMILES string of the molecule is CCOc1ccc(/C=C/C(=O)N2CCC(C(=O)Nc3ccc(Br)cn3)CC2)cc1. The summed E-state index contributed by atoms with van der Waals surface area (Å²) in [6.45, 7) is 3.70. The lowest BCUT2D eigenvalue weighted by molar-refractivity contribution is -0.130. The molecule has 0 saturated carbocycles. The van der Waals surface area contributed by atoms with E-state index >= 15 is 0 Å². The smallest absolute Gasteiger partial charge is 0.246 e. The van der Waals surface area contributed by atoms with Crippen molar-refractivity contribution in [3.8, 4) is 5.75 Å². The average Bonchev–Trinajstić information content (AvgIpc) is 2.75. The van der Waals surface area contributed by atoms with Crippen LogP contribution >= 0.6 is 15.9 Å². The van der Waals surface area contributed by atoms with E-state index in [1.54, 1.807) is 29.3 Å². The molecule has 2 heterocycles. The summed E-state index contributed by atoms with van der Waals surface area (Å²) >= 11 is 3.32. The minimum atomic E-state index is -0.111. The molecule has 1 aromatic carbocycles. The zero-order chi connectivity index (χ0) is 20.6. The highest BCUT2D eigenvalue weighted by molar-refractivity contribution is 9.10. The summed E-state index contributed by atoms with van der Waals surface area (Å²) in [5.41, 5.74) is 0.943. The number of amides is 2. The molecule has 1 aliphatic heterocycles. The van der Waals surface area contributed by atoms with Gasteiger partial charge in [0.05, 0.1) is 6.61 Å². The number of pyridine rings is 1. The number of hydrogen-bond donors (Lipinski definition) is 1. The van der Waals surface area contributed by atoms with Crippen LogP contribution in [-0.2, 0) is 9.59 Å². The van der Waals surface area contributed by atoms with E-state index in [-0.39, 0.29) is 17.7 Å². The topological polar surface area (TPSA) is 71.5 Å². The van der Waals surface area contributed by atoms with Crippen LogP contribution in [0.3, 0.4) is 0 Å². The van der Waals surface area contributed by atoms with Crippen LogP contribution in [0.15, 0.2) is 53.1 Å². The van der Waals surface area contributed by atoms with Crippen LogP contribution < -0.4 is 10.1 Å². The van der Waals surface area contributed by atoms with Crippen molar-refractivity contribution in [2.24, 2.45) is 5.92 Å². The fourth-order valence-corrected chi connectivity index (χ4v) is 3.39. The van der Waals surface area contributed by atoms with Crippen LogP contribution in [0.5, 0.6) is 5.75 Å². The van der Waals surface area contributed by atoms with Crippen molar-refractivity contribution in [1.82, 2.24) is 9.88 Å². The van der Waals surface area contributed by atoms with Gasteiger partial charge in [-0.2, -0.15) is 0 Å². The van der Waals surface area contributed by atoms with E-state index < -0.39 is 0 Å². The molecule has 1 aliphatic rings. The Morgan fingerprint density at radius 1 is 1.21 bits per heavy atom. The second-order valence-corrected chi connectivity index (χ2v) is 7.70. The molecule has 2 amide bonds. The van der Waals surface area contributed by atoms with Gasteiger partial charge in [-0.15, -0.1) is 0 Å². The van der Waals surface area contributed by atoms with Crippen molar-refractivity contribution < 1.29 is 14.3 Å². The first kappa shape index (κ1) is 21.0. The molecular formula is C22H24BrN3O3. The number of benzene rings is 1. The second kappa shape index (κ2) is 10.2. The fourth-order valence-electron chi connectivity index (χ4n) is 3.15. The van der Waals surface area contributed by atoms with Crippen molar-refractivity contribution in [3.63, 3.8) is 0 Å². The van der Waals surface area contributed by atoms with E-state index in [1.807, 2.05) is 37.3 Å². The van der Waals surface area contributed by atoms with Crippen molar-refractivity contribution in [3.05, 3.63) is 58.7 Å². The number of carbonyl (C=O) groups is 2. The number of nitrogens with zero attached hydrogens (tertiary/aromatic N) is 2. The summed E-state index contributed by atoms with van der Waals surface area (Å²) in [5.74, 6) is 1.16. The van der Waals surface area contributed by atoms with Crippen LogP contribution in [0.4, 0.5) is 5.82 Å². The molecule has 3 rings (SSSR count). The maximum atomic E-state index is 12.4. The minimum Gasteiger partial charge on any atom is -0.494 e. The summed E-state index contributed by atoms with van der Waals surface area (Å²) in [5, 5.41) is 2.84. The van der Waals surface area contributed by atoms with E-state index in [0.717, 1.165) is 15.8 Å². The quantitative estimate of drug-likeness (QED) is 0.661. The van der Waals surface area contributed by atoms with Gasteiger partial charge < -0.3 is 15.0 Å². The Labute approximate surface area is 179 Å². The first-order valence-corrected chi connectivity index (χ1v) is 10.5. The molecular weight excluding hydrogens is 434 g/mol. The minimum absolute atomic E-state index is 0.0349. The number of nitrogens with one attached hydrogen (secondary N) is 1. The Kier molecular flexibility index (Phi) is 7.41. The zero-order valence-corrected chi connectivity index (χ0v) is 17.9. The predicted octanol–water partition coefficient (Wildman–Crippen LogP) is 4.13. The zero-order valence-electron chi connectivity index (χ0n) is 16.3. The summed E-state index contributed by atoms with van der Waals surface area (Å²) in [7, 11) is 0. The fraction of sp³-hybridized carbons (Fsp3) is 0.318. The van der Waals surface area contributed by atoms with Gasteiger partial charge in [0.2, 0.25) is 11.8 Å². The summed E-state index contributed by atoms with van der Waals surface area (Å²) in [6.07, 6.45) is 6.32. The summed E-state index contributed by atoms with van der Waals surface area (Å²) < 4.78 is 6.28.